The second-order valence-electron chi connectivity index (χ2n) is 6.36. The zero-order valence-electron chi connectivity index (χ0n) is 14.5. The Kier molecular flexibility index (Phi) is 4.10. The lowest BCUT2D eigenvalue weighted by atomic mass is 9.95. The molecule has 2 aromatic carbocycles. The van der Waals surface area contributed by atoms with E-state index in [9.17, 15) is 0 Å². The van der Waals surface area contributed by atoms with E-state index in [0.29, 0.717) is 0 Å². The van der Waals surface area contributed by atoms with Crippen molar-refractivity contribution in [2.75, 3.05) is 7.11 Å². The molecular formula is C21H15BrN2O2S. The predicted molar refractivity (Wildman–Crippen MR) is 110 cm³/mol. The van der Waals surface area contributed by atoms with Crippen molar-refractivity contribution in [2.45, 2.75) is 12.8 Å². The van der Waals surface area contributed by atoms with Gasteiger partial charge in [-0.3, -0.25) is 0 Å². The molecule has 0 saturated heterocycles. The van der Waals surface area contributed by atoms with Gasteiger partial charge in [-0.2, -0.15) is 0 Å². The van der Waals surface area contributed by atoms with Crippen molar-refractivity contribution in [2.24, 2.45) is 0 Å². The highest BCUT2D eigenvalue weighted by molar-refractivity contribution is 9.10. The van der Waals surface area contributed by atoms with Crippen molar-refractivity contribution in [3.05, 3.63) is 63.6 Å². The van der Waals surface area contributed by atoms with Crippen LogP contribution < -0.4 is 4.74 Å². The fourth-order valence-corrected chi connectivity index (χ4v) is 4.68. The molecule has 6 heteroatoms. The number of halogens is 1. The Balaban J connectivity index is 1.61. The number of thiazole rings is 1. The van der Waals surface area contributed by atoms with Crippen LogP contribution in [-0.2, 0) is 12.8 Å². The van der Waals surface area contributed by atoms with Crippen LogP contribution in [0.5, 0.6) is 5.75 Å². The summed E-state index contributed by atoms with van der Waals surface area (Å²) in [5.41, 5.74) is 5.02. The molecule has 5 rings (SSSR count). The van der Waals surface area contributed by atoms with Gasteiger partial charge in [0.2, 0.25) is 0 Å². The quantitative estimate of drug-likeness (QED) is 0.393. The molecule has 0 amide bonds. The molecule has 2 aromatic heterocycles. The number of benzene rings is 2. The molecule has 0 saturated carbocycles. The molecular weight excluding hydrogens is 424 g/mol. The van der Waals surface area contributed by atoms with Gasteiger partial charge in [-0.25, -0.2) is 4.98 Å². The zero-order valence-corrected chi connectivity index (χ0v) is 16.9. The SMILES string of the molecule is COc1ccc(-c2noc3c2-c2nc(-c4ccc(Br)cc4)sc2CC3)cc1. The van der Waals surface area contributed by atoms with Crippen molar-refractivity contribution in [1.29, 1.82) is 0 Å². The van der Waals surface area contributed by atoms with Gasteiger partial charge in [0.25, 0.3) is 0 Å². The number of ether oxygens (including phenoxy) is 1. The molecule has 27 heavy (non-hydrogen) atoms. The fraction of sp³-hybridized carbons (Fsp3) is 0.143. The van der Waals surface area contributed by atoms with Crippen LogP contribution in [0.1, 0.15) is 10.6 Å². The molecule has 0 aliphatic heterocycles. The summed E-state index contributed by atoms with van der Waals surface area (Å²) in [5, 5.41) is 5.39. The van der Waals surface area contributed by atoms with Crippen LogP contribution in [0.4, 0.5) is 0 Å². The number of aryl methyl sites for hydroxylation is 2. The smallest absolute Gasteiger partial charge is 0.147 e. The second-order valence-corrected chi connectivity index (χ2v) is 8.35. The number of hydrogen-bond donors (Lipinski definition) is 0. The first-order chi connectivity index (χ1) is 13.2. The van der Waals surface area contributed by atoms with Crippen molar-refractivity contribution >= 4 is 27.3 Å². The Morgan fingerprint density at radius 1 is 0.963 bits per heavy atom. The summed E-state index contributed by atoms with van der Waals surface area (Å²) in [7, 11) is 1.66. The van der Waals surface area contributed by atoms with Gasteiger partial charge in [0, 0.05) is 26.9 Å². The molecule has 0 atom stereocenters. The summed E-state index contributed by atoms with van der Waals surface area (Å²) in [6.07, 6.45) is 1.79. The van der Waals surface area contributed by atoms with Gasteiger partial charge in [-0.05, 0) is 42.8 Å². The van der Waals surface area contributed by atoms with E-state index in [0.717, 1.165) is 61.9 Å². The standard InChI is InChI=1S/C21H15BrN2O2S/c1-25-15-8-4-12(5-9-15)19-18-16(26-24-19)10-11-17-20(18)23-21(27-17)13-2-6-14(22)7-3-13/h2-9H,10-11H2,1H3. The van der Waals surface area contributed by atoms with E-state index in [4.69, 9.17) is 14.2 Å². The second kappa shape index (κ2) is 6.62. The Hall–Kier alpha value is -2.44. The first-order valence-electron chi connectivity index (χ1n) is 8.62. The van der Waals surface area contributed by atoms with Crippen LogP contribution in [0.3, 0.4) is 0 Å². The maximum atomic E-state index is 5.66. The number of fused-ring (bicyclic) bond motifs is 3. The number of rotatable bonds is 3. The largest absolute Gasteiger partial charge is 0.497 e. The van der Waals surface area contributed by atoms with Gasteiger partial charge in [0.1, 0.15) is 22.2 Å². The van der Waals surface area contributed by atoms with Crippen molar-refractivity contribution in [3.63, 3.8) is 0 Å². The third kappa shape index (κ3) is 2.89. The summed E-state index contributed by atoms with van der Waals surface area (Å²) in [5.74, 6) is 1.74. The van der Waals surface area contributed by atoms with Crippen molar-refractivity contribution < 1.29 is 9.26 Å². The van der Waals surface area contributed by atoms with E-state index in [1.54, 1.807) is 18.4 Å². The monoisotopic (exact) mass is 438 g/mol. The first-order valence-corrected chi connectivity index (χ1v) is 10.2. The molecule has 0 spiro atoms. The maximum absolute atomic E-state index is 5.66. The average molecular weight is 439 g/mol. The maximum Gasteiger partial charge on any atom is 0.147 e. The van der Waals surface area contributed by atoms with Crippen LogP contribution in [-0.4, -0.2) is 17.3 Å². The van der Waals surface area contributed by atoms with Crippen LogP contribution in [0.25, 0.3) is 33.1 Å². The lowest BCUT2D eigenvalue weighted by molar-refractivity contribution is 0.385. The van der Waals surface area contributed by atoms with E-state index in [1.807, 2.05) is 36.4 Å². The van der Waals surface area contributed by atoms with Gasteiger partial charge < -0.3 is 9.26 Å². The van der Waals surface area contributed by atoms with E-state index in [1.165, 1.54) is 4.88 Å². The van der Waals surface area contributed by atoms with Gasteiger partial charge >= 0.3 is 0 Å². The van der Waals surface area contributed by atoms with Crippen LogP contribution in [0.15, 0.2) is 57.5 Å². The normalized spacial score (nSPS) is 12.5. The van der Waals surface area contributed by atoms with Crippen molar-refractivity contribution in [1.82, 2.24) is 10.1 Å². The fourth-order valence-electron chi connectivity index (χ4n) is 3.34. The van der Waals surface area contributed by atoms with Gasteiger partial charge in [0.05, 0.1) is 18.4 Å². The molecule has 0 fully saturated rings. The molecule has 0 bridgehead atoms. The Bertz CT molecular complexity index is 1110. The molecule has 4 nitrogen and oxygen atoms in total. The van der Waals surface area contributed by atoms with Crippen LogP contribution >= 0.6 is 27.3 Å². The summed E-state index contributed by atoms with van der Waals surface area (Å²) in [4.78, 5) is 6.25. The van der Waals surface area contributed by atoms with Gasteiger partial charge in [0.15, 0.2) is 0 Å². The highest BCUT2D eigenvalue weighted by Gasteiger charge is 2.29. The van der Waals surface area contributed by atoms with Crippen molar-refractivity contribution in [3.8, 4) is 38.8 Å². The Morgan fingerprint density at radius 3 is 2.44 bits per heavy atom. The molecule has 1 aliphatic rings. The zero-order chi connectivity index (χ0) is 18.4. The van der Waals surface area contributed by atoms with E-state index in [2.05, 4.69) is 33.2 Å². The minimum absolute atomic E-state index is 0.822. The third-order valence-corrected chi connectivity index (χ3v) is 6.42. The molecule has 134 valence electrons. The summed E-state index contributed by atoms with van der Waals surface area (Å²) >= 11 is 5.25. The molecule has 0 N–H and O–H groups in total. The highest BCUT2D eigenvalue weighted by Crippen LogP contribution is 2.44. The summed E-state index contributed by atoms with van der Waals surface area (Å²) < 4.78 is 12.0. The number of aromatic nitrogens is 2. The summed E-state index contributed by atoms with van der Waals surface area (Å²) in [6, 6.07) is 16.2. The number of methoxy groups -OCH3 is 1. The van der Waals surface area contributed by atoms with E-state index in [-0.39, 0.29) is 0 Å². The summed E-state index contributed by atoms with van der Waals surface area (Å²) in [6.45, 7) is 0. The Morgan fingerprint density at radius 2 is 1.70 bits per heavy atom. The van der Waals surface area contributed by atoms with Gasteiger partial charge in [-0.1, -0.05) is 33.2 Å². The third-order valence-electron chi connectivity index (χ3n) is 4.73. The van der Waals surface area contributed by atoms with E-state index >= 15 is 0 Å². The highest BCUT2D eigenvalue weighted by atomic mass is 79.9. The molecule has 0 unspecified atom stereocenters. The topological polar surface area (TPSA) is 48.2 Å². The van der Waals surface area contributed by atoms with Crippen LogP contribution in [0, 0.1) is 0 Å². The predicted octanol–water partition coefficient (Wildman–Crippen LogP) is 6.00. The Labute approximate surface area is 168 Å². The molecule has 1 aliphatic carbocycles. The minimum Gasteiger partial charge on any atom is -0.497 e. The average Bonchev–Trinajstić information content (AvgIpc) is 3.32. The molecule has 2 heterocycles. The lowest BCUT2D eigenvalue weighted by Crippen LogP contribution is -2.00. The first kappa shape index (κ1) is 16.7. The lowest BCUT2D eigenvalue weighted by Gasteiger charge is -2.09. The minimum atomic E-state index is 0.822. The molecule has 4 aromatic rings. The molecule has 0 radical (unpaired) electrons. The van der Waals surface area contributed by atoms with Crippen LogP contribution in [0.2, 0.25) is 0 Å². The van der Waals surface area contributed by atoms with Gasteiger partial charge in [-0.15, -0.1) is 11.3 Å². The number of nitrogens with zero attached hydrogens (tertiary/aromatic N) is 2. The van der Waals surface area contributed by atoms with E-state index < -0.39 is 0 Å². The number of hydrogen-bond acceptors (Lipinski definition) is 5.